The van der Waals surface area contributed by atoms with Crippen LogP contribution in [0.25, 0.3) is 0 Å². The van der Waals surface area contributed by atoms with Crippen LogP contribution in [-0.2, 0) is 0 Å². The van der Waals surface area contributed by atoms with E-state index >= 15 is 0 Å². The molecule has 2 radical (unpaired) electrons. The normalized spacial score (nSPS) is 14.8. The molecule has 0 aromatic heterocycles. The summed E-state index contributed by atoms with van der Waals surface area (Å²) in [5, 5.41) is 0. The van der Waals surface area contributed by atoms with Gasteiger partial charge in [-0.05, 0) is 37.0 Å². The maximum absolute atomic E-state index is 5.91. The molecule has 0 unspecified atom stereocenters. The Balaban J connectivity index is 2.00. The van der Waals surface area contributed by atoms with Crippen LogP contribution in [0.1, 0.15) is 19.3 Å². The standard InChI is InChI=1S/C17H19BO2/c1-3-4-6-13(2)12-19-16-10-9-14(18)11-17(16)20-15-7-5-8-15/h3-4,6,9-11,15H,1-2,5,7-8,12H2/b6-4-. The third-order valence-corrected chi connectivity index (χ3v) is 3.19. The molecule has 0 spiro atoms. The Kier molecular flexibility index (Phi) is 5.11. The maximum Gasteiger partial charge on any atom is 0.161 e. The zero-order valence-electron chi connectivity index (χ0n) is 11.7. The molecule has 1 aliphatic rings. The van der Waals surface area contributed by atoms with Gasteiger partial charge in [0.2, 0.25) is 0 Å². The highest BCUT2D eigenvalue weighted by Gasteiger charge is 2.20. The van der Waals surface area contributed by atoms with E-state index in [4.69, 9.17) is 17.3 Å². The van der Waals surface area contributed by atoms with Gasteiger partial charge in [-0.25, -0.2) is 0 Å². The van der Waals surface area contributed by atoms with Crippen molar-refractivity contribution in [2.24, 2.45) is 0 Å². The van der Waals surface area contributed by atoms with Gasteiger partial charge in [-0.3, -0.25) is 0 Å². The summed E-state index contributed by atoms with van der Waals surface area (Å²) >= 11 is 0. The van der Waals surface area contributed by atoms with Crippen LogP contribution in [0.5, 0.6) is 11.5 Å². The van der Waals surface area contributed by atoms with E-state index in [0.29, 0.717) is 23.9 Å². The van der Waals surface area contributed by atoms with E-state index in [1.165, 1.54) is 6.42 Å². The molecule has 1 saturated carbocycles. The van der Waals surface area contributed by atoms with Gasteiger partial charge in [-0.1, -0.05) is 42.9 Å². The minimum atomic E-state index is 0.294. The first-order valence-corrected chi connectivity index (χ1v) is 6.85. The predicted octanol–water partition coefficient (Wildman–Crippen LogP) is 3.09. The SMILES string of the molecule is [B]c1ccc(OCC(=C)/C=C\C=C)c(OC2CCC2)c1. The van der Waals surface area contributed by atoms with Crippen LogP contribution in [0, 0.1) is 0 Å². The topological polar surface area (TPSA) is 18.5 Å². The molecule has 0 aliphatic heterocycles. The van der Waals surface area contributed by atoms with Crippen LogP contribution in [0.3, 0.4) is 0 Å². The smallest absolute Gasteiger partial charge is 0.161 e. The van der Waals surface area contributed by atoms with Crippen molar-refractivity contribution in [2.75, 3.05) is 6.61 Å². The molecule has 1 aromatic rings. The van der Waals surface area contributed by atoms with Gasteiger partial charge in [0, 0.05) is 0 Å². The highest BCUT2D eigenvalue weighted by atomic mass is 16.5. The monoisotopic (exact) mass is 266 g/mol. The summed E-state index contributed by atoms with van der Waals surface area (Å²) in [5.41, 5.74) is 1.55. The van der Waals surface area contributed by atoms with Crippen molar-refractivity contribution in [3.63, 3.8) is 0 Å². The van der Waals surface area contributed by atoms with Crippen molar-refractivity contribution in [2.45, 2.75) is 25.4 Å². The van der Waals surface area contributed by atoms with Crippen molar-refractivity contribution in [3.05, 3.63) is 55.2 Å². The molecule has 1 aromatic carbocycles. The Morgan fingerprint density at radius 3 is 2.80 bits per heavy atom. The van der Waals surface area contributed by atoms with Crippen molar-refractivity contribution in [1.29, 1.82) is 0 Å². The highest BCUT2D eigenvalue weighted by molar-refractivity contribution is 6.32. The summed E-state index contributed by atoms with van der Waals surface area (Å²) in [4.78, 5) is 0. The van der Waals surface area contributed by atoms with Gasteiger partial charge in [-0.2, -0.15) is 0 Å². The fourth-order valence-corrected chi connectivity index (χ4v) is 1.83. The summed E-state index contributed by atoms with van der Waals surface area (Å²) in [6, 6.07) is 5.47. The van der Waals surface area contributed by atoms with Gasteiger partial charge in [0.1, 0.15) is 14.5 Å². The summed E-state index contributed by atoms with van der Waals surface area (Å²) in [6.07, 6.45) is 9.14. The number of ether oxygens (including phenoxy) is 2. The molecule has 1 aliphatic carbocycles. The molecule has 0 amide bonds. The first kappa shape index (κ1) is 14.5. The summed E-state index contributed by atoms with van der Waals surface area (Å²) in [7, 11) is 5.81. The lowest BCUT2D eigenvalue weighted by molar-refractivity contribution is 0.115. The Morgan fingerprint density at radius 2 is 2.15 bits per heavy atom. The first-order valence-electron chi connectivity index (χ1n) is 6.85. The molecule has 102 valence electrons. The first-order chi connectivity index (χ1) is 9.69. The highest BCUT2D eigenvalue weighted by Crippen LogP contribution is 2.31. The lowest BCUT2D eigenvalue weighted by Crippen LogP contribution is -2.25. The van der Waals surface area contributed by atoms with E-state index in [0.717, 1.165) is 24.2 Å². The van der Waals surface area contributed by atoms with Crippen LogP contribution < -0.4 is 14.9 Å². The number of hydrogen-bond acceptors (Lipinski definition) is 2. The largest absolute Gasteiger partial charge is 0.487 e. The van der Waals surface area contributed by atoms with Gasteiger partial charge < -0.3 is 9.47 Å². The van der Waals surface area contributed by atoms with E-state index in [1.54, 1.807) is 6.08 Å². The van der Waals surface area contributed by atoms with Gasteiger partial charge >= 0.3 is 0 Å². The van der Waals surface area contributed by atoms with Crippen LogP contribution in [0.15, 0.2) is 55.2 Å². The minimum Gasteiger partial charge on any atom is -0.487 e. The summed E-state index contributed by atoms with van der Waals surface area (Å²) in [6.45, 7) is 7.95. The van der Waals surface area contributed by atoms with E-state index in [-0.39, 0.29) is 0 Å². The Morgan fingerprint density at radius 1 is 1.35 bits per heavy atom. The molecule has 1 fully saturated rings. The van der Waals surface area contributed by atoms with Crippen molar-refractivity contribution < 1.29 is 9.47 Å². The van der Waals surface area contributed by atoms with Crippen LogP contribution in [0.2, 0.25) is 0 Å². The minimum absolute atomic E-state index is 0.294. The number of allylic oxidation sites excluding steroid dienone is 2. The molecular formula is C17H19BO2. The zero-order valence-corrected chi connectivity index (χ0v) is 11.7. The average molecular weight is 266 g/mol. The average Bonchev–Trinajstić information content (AvgIpc) is 2.39. The second-order valence-electron chi connectivity index (χ2n) is 4.92. The van der Waals surface area contributed by atoms with Crippen LogP contribution in [0.4, 0.5) is 0 Å². The number of rotatable bonds is 7. The Hall–Kier alpha value is -1.90. The van der Waals surface area contributed by atoms with Gasteiger partial charge in [-0.15, -0.1) is 0 Å². The molecule has 0 saturated heterocycles. The van der Waals surface area contributed by atoms with E-state index in [9.17, 15) is 0 Å². The van der Waals surface area contributed by atoms with E-state index in [2.05, 4.69) is 13.2 Å². The van der Waals surface area contributed by atoms with Crippen molar-refractivity contribution >= 4 is 13.3 Å². The molecule has 0 heterocycles. The van der Waals surface area contributed by atoms with Crippen molar-refractivity contribution in [3.8, 4) is 11.5 Å². The van der Waals surface area contributed by atoms with Crippen LogP contribution in [-0.4, -0.2) is 20.6 Å². The molecule has 20 heavy (non-hydrogen) atoms. The van der Waals surface area contributed by atoms with Crippen LogP contribution >= 0.6 is 0 Å². The third-order valence-electron chi connectivity index (χ3n) is 3.19. The maximum atomic E-state index is 5.91. The van der Waals surface area contributed by atoms with Crippen molar-refractivity contribution in [1.82, 2.24) is 0 Å². The van der Waals surface area contributed by atoms with E-state index in [1.807, 2.05) is 30.4 Å². The Labute approximate surface area is 122 Å². The van der Waals surface area contributed by atoms with E-state index < -0.39 is 0 Å². The lowest BCUT2D eigenvalue weighted by Gasteiger charge is -2.27. The lowest BCUT2D eigenvalue weighted by atomic mass is 9.94. The number of benzene rings is 1. The Bertz CT molecular complexity index is 516. The fourth-order valence-electron chi connectivity index (χ4n) is 1.83. The molecule has 3 heteroatoms. The molecule has 0 N–H and O–H groups in total. The summed E-state index contributed by atoms with van der Waals surface area (Å²) in [5.74, 6) is 1.43. The molecular weight excluding hydrogens is 247 g/mol. The summed E-state index contributed by atoms with van der Waals surface area (Å²) < 4.78 is 11.7. The zero-order chi connectivity index (χ0) is 14.4. The second kappa shape index (κ2) is 7.04. The van der Waals surface area contributed by atoms with Gasteiger partial charge in [0.05, 0.1) is 6.10 Å². The molecule has 0 atom stereocenters. The second-order valence-corrected chi connectivity index (χ2v) is 4.92. The number of hydrogen-bond donors (Lipinski definition) is 0. The third kappa shape index (κ3) is 4.05. The predicted molar refractivity (Wildman–Crippen MR) is 84.1 cm³/mol. The molecule has 2 rings (SSSR count). The fraction of sp³-hybridized carbons (Fsp3) is 0.294. The quantitative estimate of drug-likeness (QED) is 0.557. The molecule has 0 bridgehead atoms. The molecule has 2 nitrogen and oxygen atoms in total. The van der Waals surface area contributed by atoms with Gasteiger partial charge in [0.15, 0.2) is 11.5 Å². The van der Waals surface area contributed by atoms with Gasteiger partial charge in [0.25, 0.3) is 0 Å².